The van der Waals surface area contributed by atoms with E-state index in [1.54, 1.807) is 6.92 Å². The summed E-state index contributed by atoms with van der Waals surface area (Å²) in [5, 5.41) is 9.53. The molecule has 0 aromatic heterocycles. The van der Waals surface area contributed by atoms with E-state index in [0.29, 0.717) is 25.9 Å². The van der Waals surface area contributed by atoms with Crippen LogP contribution in [-0.4, -0.2) is 42.1 Å². The lowest BCUT2D eigenvalue weighted by molar-refractivity contribution is -0.150. The molecular formula is C19H24N2O4. The zero-order chi connectivity index (χ0) is 18.1. The Morgan fingerprint density at radius 1 is 1.16 bits per heavy atom. The van der Waals surface area contributed by atoms with E-state index in [2.05, 4.69) is 6.07 Å². The Bertz CT molecular complexity index is 612. The van der Waals surface area contributed by atoms with Gasteiger partial charge in [0.15, 0.2) is 0 Å². The summed E-state index contributed by atoms with van der Waals surface area (Å²) in [4.78, 5) is 25.8. The van der Waals surface area contributed by atoms with Crippen molar-refractivity contribution in [1.82, 2.24) is 4.90 Å². The SMILES string of the molecule is CC1CCOC(=O)CCC(C#N)N(Cc2ccccc2)CCC(=O)O1. The van der Waals surface area contributed by atoms with Crippen LogP contribution < -0.4 is 0 Å². The number of carbonyl (C=O) groups excluding carboxylic acids is 2. The molecule has 134 valence electrons. The quantitative estimate of drug-likeness (QED) is 0.767. The average molecular weight is 344 g/mol. The summed E-state index contributed by atoms with van der Waals surface area (Å²) in [6.45, 7) is 2.95. The number of rotatable bonds is 2. The summed E-state index contributed by atoms with van der Waals surface area (Å²) in [5.41, 5.74) is 1.05. The number of ether oxygens (including phenoxy) is 2. The molecule has 0 radical (unpaired) electrons. The molecule has 2 rings (SSSR count). The molecule has 2 atom stereocenters. The molecule has 1 aromatic rings. The smallest absolute Gasteiger partial charge is 0.307 e. The molecule has 0 spiro atoms. The van der Waals surface area contributed by atoms with Gasteiger partial charge in [-0.1, -0.05) is 30.3 Å². The van der Waals surface area contributed by atoms with Crippen molar-refractivity contribution in [2.75, 3.05) is 13.2 Å². The van der Waals surface area contributed by atoms with Gasteiger partial charge in [0.1, 0.15) is 6.10 Å². The third kappa shape index (κ3) is 6.55. The van der Waals surface area contributed by atoms with Crippen LogP contribution in [-0.2, 0) is 25.6 Å². The van der Waals surface area contributed by atoms with Crippen LogP contribution in [0.1, 0.15) is 38.2 Å². The maximum atomic E-state index is 12.0. The van der Waals surface area contributed by atoms with Gasteiger partial charge in [-0.3, -0.25) is 14.5 Å². The maximum absolute atomic E-state index is 12.0. The van der Waals surface area contributed by atoms with Gasteiger partial charge in [0.2, 0.25) is 0 Å². The molecule has 25 heavy (non-hydrogen) atoms. The molecule has 0 bridgehead atoms. The number of hydrogen-bond acceptors (Lipinski definition) is 6. The number of nitriles is 1. The Labute approximate surface area is 148 Å². The summed E-state index contributed by atoms with van der Waals surface area (Å²) in [5.74, 6) is -0.620. The number of esters is 2. The Kier molecular flexibility index (Phi) is 7.42. The van der Waals surface area contributed by atoms with E-state index < -0.39 is 6.04 Å². The van der Waals surface area contributed by atoms with Crippen molar-refractivity contribution in [1.29, 1.82) is 5.26 Å². The first-order valence-electron chi connectivity index (χ1n) is 8.61. The van der Waals surface area contributed by atoms with Gasteiger partial charge in [0, 0.05) is 25.9 Å². The summed E-state index contributed by atoms with van der Waals surface area (Å²) < 4.78 is 10.5. The van der Waals surface area contributed by atoms with Gasteiger partial charge in [0.25, 0.3) is 0 Å². The average Bonchev–Trinajstić information content (AvgIpc) is 2.60. The van der Waals surface area contributed by atoms with E-state index >= 15 is 0 Å². The molecule has 1 aromatic carbocycles. The number of hydrogen-bond donors (Lipinski definition) is 0. The summed E-state index contributed by atoms with van der Waals surface area (Å²) >= 11 is 0. The lowest BCUT2D eigenvalue weighted by Gasteiger charge is -2.26. The highest BCUT2D eigenvalue weighted by Gasteiger charge is 2.22. The highest BCUT2D eigenvalue weighted by Crippen LogP contribution is 2.15. The monoisotopic (exact) mass is 344 g/mol. The fourth-order valence-electron chi connectivity index (χ4n) is 2.73. The standard InChI is InChI=1S/C19H24N2O4/c1-15-10-12-24-18(22)8-7-17(13-20)21(11-9-19(23)25-15)14-16-5-3-2-4-6-16/h2-6,15,17H,7-12,14H2,1H3. The van der Waals surface area contributed by atoms with Crippen molar-refractivity contribution >= 4 is 11.9 Å². The van der Waals surface area contributed by atoms with Gasteiger partial charge in [-0.15, -0.1) is 0 Å². The predicted molar refractivity (Wildman–Crippen MR) is 91.2 cm³/mol. The first kappa shape index (κ1) is 18.9. The second-order valence-corrected chi connectivity index (χ2v) is 6.20. The molecule has 6 nitrogen and oxygen atoms in total. The molecule has 1 saturated heterocycles. The van der Waals surface area contributed by atoms with Crippen LogP contribution in [0.3, 0.4) is 0 Å². The molecule has 1 heterocycles. The molecule has 1 aliphatic rings. The van der Waals surface area contributed by atoms with Gasteiger partial charge in [-0.2, -0.15) is 5.26 Å². The third-order valence-corrected chi connectivity index (χ3v) is 4.16. The van der Waals surface area contributed by atoms with Crippen LogP contribution in [0.25, 0.3) is 0 Å². The lowest BCUT2D eigenvalue weighted by Crippen LogP contribution is -2.36. The van der Waals surface area contributed by atoms with E-state index in [0.717, 1.165) is 5.56 Å². The molecule has 2 unspecified atom stereocenters. The van der Waals surface area contributed by atoms with E-state index in [1.165, 1.54) is 0 Å². The number of cyclic esters (lactones) is 2. The second-order valence-electron chi connectivity index (χ2n) is 6.20. The maximum Gasteiger partial charge on any atom is 0.307 e. The second kappa shape index (κ2) is 9.80. The summed E-state index contributed by atoms with van der Waals surface area (Å²) in [7, 11) is 0. The highest BCUT2D eigenvalue weighted by atomic mass is 16.6. The molecule has 0 N–H and O–H groups in total. The summed E-state index contributed by atoms with van der Waals surface area (Å²) in [6.07, 6.45) is 0.964. The Morgan fingerprint density at radius 2 is 1.92 bits per heavy atom. The van der Waals surface area contributed by atoms with Crippen molar-refractivity contribution in [2.24, 2.45) is 0 Å². The fourth-order valence-corrected chi connectivity index (χ4v) is 2.73. The fraction of sp³-hybridized carbons (Fsp3) is 0.526. The largest absolute Gasteiger partial charge is 0.466 e. The normalized spacial score (nSPS) is 24.0. The third-order valence-electron chi connectivity index (χ3n) is 4.16. The molecule has 1 aliphatic heterocycles. The van der Waals surface area contributed by atoms with E-state index in [9.17, 15) is 14.9 Å². The topological polar surface area (TPSA) is 79.6 Å². The first-order chi connectivity index (χ1) is 12.1. The van der Waals surface area contributed by atoms with Gasteiger partial charge in [0.05, 0.1) is 25.1 Å². The molecule has 6 heteroatoms. The van der Waals surface area contributed by atoms with Crippen LogP contribution in [0.4, 0.5) is 0 Å². The van der Waals surface area contributed by atoms with E-state index in [4.69, 9.17) is 9.47 Å². The van der Waals surface area contributed by atoms with Gasteiger partial charge in [-0.05, 0) is 18.9 Å². The minimum Gasteiger partial charge on any atom is -0.466 e. The van der Waals surface area contributed by atoms with Crippen LogP contribution >= 0.6 is 0 Å². The molecule has 0 aliphatic carbocycles. The number of nitrogens with zero attached hydrogens (tertiary/aromatic N) is 2. The van der Waals surface area contributed by atoms with Crippen LogP contribution in [0.2, 0.25) is 0 Å². The zero-order valence-electron chi connectivity index (χ0n) is 14.5. The van der Waals surface area contributed by atoms with Crippen molar-refractivity contribution in [3.63, 3.8) is 0 Å². The Morgan fingerprint density at radius 3 is 2.64 bits per heavy atom. The van der Waals surface area contributed by atoms with Crippen LogP contribution in [0.15, 0.2) is 30.3 Å². The van der Waals surface area contributed by atoms with Gasteiger partial charge >= 0.3 is 11.9 Å². The first-order valence-corrected chi connectivity index (χ1v) is 8.61. The van der Waals surface area contributed by atoms with E-state index in [-0.39, 0.29) is 37.5 Å². The molecule has 1 fully saturated rings. The van der Waals surface area contributed by atoms with Gasteiger partial charge in [-0.25, -0.2) is 0 Å². The van der Waals surface area contributed by atoms with Crippen LogP contribution in [0, 0.1) is 11.3 Å². The Balaban J connectivity index is 2.12. The highest BCUT2D eigenvalue weighted by molar-refractivity contribution is 5.70. The summed E-state index contributed by atoms with van der Waals surface area (Å²) in [6, 6.07) is 11.5. The van der Waals surface area contributed by atoms with Gasteiger partial charge < -0.3 is 9.47 Å². The van der Waals surface area contributed by atoms with Crippen LogP contribution in [0.5, 0.6) is 0 Å². The molecule has 0 amide bonds. The minimum atomic E-state index is -0.460. The van der Waals surface area contributed by atoms with Crippen molar-refractivity contribution < 1.29 is 19.1 Å². The van der Waals surface area contributed by atoms with Crippen molar-refractivity contribution in [3.8, 4) is 6.07 Å². The predicted octanol–water partition coefficient (Wildman–Crippen LogP) is 2.43. The Hall–Kier alpha value is -2.39. The molecular weight excluding hydrogens is 320 g/mol. The molecule has 0 saturated carbocycles. The lowest BCUT2D eigenvalue weighted by atomic mass is 10.1. The number of benzene rings is 1. The zero-order valence-corrected chi connectivity index (χ0v) is 14.5. The van der Waals surface area contributed by atoms with Crippen molar-refractivity contribution in [3.05, 3.63) is 35.9 Å². The number of carbonyl (C=O) groups is 2. The van der Waals surface area contributed by atoms with Crippen molar-refractivity contribution in [2.45, 2.75) is 51.3 Å². The van der Waals surface area contributed by atoms with E-state index in [1.807, 2.05) is 35.2 Å². The minimum absolute atomic E-state index is 0.187.